The minimum Gasteiger partial charge on any atom is -0.473 e. The van der Waals surface area contributed by atoms with E-state index in [1.54, 1.807) is 36.0 Å². The van der Waals surface area contributed by atoms with E-state index in [0.717, 1.165) is 29.1 Å². The fourth-order valence-electron chi connectivity index (χ4n) is 3.17. The maximum atomic E-state index is 6.10. The molecule has 1 saturated carbocycles. The van der Waals surface area contributed by atoms with E-state index in [9.17, 15) is 0 Å². The molecule has 8 heteroatoms. The maximum Gasteiger partial charge on any atom is 0.240 e. The first kappa shape index (κ1) is 17.3. The molecule has 0 spiro atoms. The van der Waals surface area contributed by atoms with Crippen LogP contribution >= 0.6 is 22.9 Å². The summed E-state index contributed by atoms with van der Waals surface area (Å²) in [6.45, 7) is 0. The molecule has 0 atom stereocenters. The number of hydrogen-bond acceptors (Lipinski definition) is 7. The second kappa shape index (κ2) is 7.33. The van der Waals surface area contributed by atoms with Gasteiger partial charge in [0.25, 0.3) is 0 Å². The van der Waals surface area contributed by atoms with Crippen molar-refractivity contribution < 1.29 is 4.74 Å². The average Bonchev–Trinajstić information content (AvgIpc) is 3.10. The van der Waals surface area contributed by atoms with E-state index in [1.807, 2.05) is 24.3 Å². The van der Waals surface area contributed by atoms with Gasteiger partial charge in [0.05, 0.1) is 10.2 Å². The summed E-state index contributed by atoms with van der Waals surface area (Å²) in [6.07, 6.45) is 6.85. The second-order valence-corrected chi connectivity index (χ2v) is 8.04. The fourth-order valence-corrected chi connectivity index (χ4v) is 4.23. The average molecular weight is 410 g/mol. The number of aromatic nitrogens is 4. The second-order valence-electron chi connectivity index (χ2n) is 6.62. The van der Waals surface area contributed by atoms with Crippen LogP contribution in [0, 0.1) is 0 Å². The molecular weight excluding hydrogens is 394 g/mol. The number of nitrogens with zero attached hydrogens (tertiary/aromatic N) is 4. The van der Waals surface area contributed by atoms with E-state index in [0.29, 0.717) is 22.8 Å². The predicted molar refractivity (Wildman–Crippen MR) is 111 cm³/mol. The molecule has 5 rings (SSSR count). The summed E-state index contributed by atoms with van der Waals surface area (Å²) in [4.78, 5) is 17.5. The van der Waals surface area contributed by atoms with Gasteiger partial charge in [-0.1, -0.05) is 35.1 Å². The lowest BCUT2D eigenvalue weighted by atomic mass is 9.89. The molecule has 3 aromatic heterocycles. The van der Waals surface area contributed by atoms with Crippen LogP contribution < -0.4 is 10.1 Å². The van der Waals surface area contributed by atoms with E-state index in [2.05, 4.69) is 31.3 Å². The highest BCUT2D eigenvalue weighted by Gasteiger charge is 2.32. The van der Waals surface area contributed by atoms with Crippen molar-refractivity contribution in [3.63, 3.8) is 0 Å². The van der Waals surface area contributed by atoms with Crippen molar-refractivity contribution in [2.45, 2.75) is 25.0 Å². The quantitative estimate of drug-likeness (QED) is 0.476. The van der Waals surface area contributed by atoms with Gasteiger partial charge in [0, 0.05) is 43.0 Å². The zero-order chi connectivity index (χ0) is 18.9. The summed E-state index contributed by atoms with van der Waals surface area (Å²) in [6, 6.07) is 12.1. The summed E-state index contributed by atoms with van der Waals surface area (Å²) < 4.78 is 7.29. The highest BCUT2D eigenvalue weighted by atomic mass is 35.5. The minimum absolute atomic E-state index is 0.0996. The molecule has 1 aliphatic carbocycles. The lowest BCUT2D eigenvalue weighted by molar-refractivity contribution is 0.103. The van der Waals surface area contributed by atoms with Gasteiger partial charge < -0.3 is 10.1 Å². The zero-order valence-corrected chi connectivity index (χ0v) is 16.3. The van der Waals surface area contributed by atoms with Crippen LogP contribution in [0.15, 0.2) is 55.0 Å². The molecule has 0 aliphatic heterocycles. The van der Waals surface area contributed by atoms with Gasteiger partial charge in [-0.25, -0.2) is 19.9 Å². The van der Waals surface area contributed by atoms with Crippen LogP contribution in [0.2, 0.25) is 5.15 Å². The maximum absolute atomic E-state index is 6.10. The number of benzene rings is 1. The standard InChI is InChI=1S/C20H16ClN5OS/c21-17-6-5-12(11-24-17)18-19(23-8-7-22-18)27-14-9-13(10-14)25-20-26-15-3-1-2-4-16(15)28-20/h1-8,11,13-14H,9-10H2,(H,25,26). The van der Waals surface area contributed by atoms with E-state index < -0.39 is 0 Å². The first-order valence-corrected chi connectivity index (χ1v) is 10.2. The fraction of sp³-hybridized carbons (Fsp3) is 0.200. The minimum atomic E-state index is 0.0996. The molecule has 140 valence electrons. The van der Waals surface area contributed by atoms with Crippen LogP contribution in [-0.2, 0) is 0 Å². The third-order valence-corrected chi connectivity index (χ3v) is 5.85. The van der Waals surface area contributed by atoms with Crippen LogP contribution in [0.3, 0.4) is 0 Å². The van der Waals surface area contributed by atoms with Crippen molar-refractivity contribution >= 4 is 38.3 Å². The first-order valence-electron chi connectivity index (χ1n) is 8.96. The van der Waals surface area contributed by atoms with Crippen LogP contribution in [0.4, 0.5) is 5.13 Å². The Morgan fingerprint density at radius 3 is 2.71 bits per heavy atom. The molecule has 1 aromatic carbocycles. The molecule has 0 bridgehead atoms. The molecule has 0 amide bonds. The highest BCUT2D eigenvalue weighted by molar-refractivity contribution is 7.22. The van der Waals surface area contributed by atoms with Crippen molar-refractivity contribution in [3.05, 3.63) is 60.1 Å². The molecule has 1 aliphatic rings. The molecule has 28 heavy (non-hydrogen) atoms. The monoisotopic (exact) mass is 409 g/mol. The Labute approximate surface area is 170 Å². The number of nitrogens with one attached hydrogen (secondary N) is 1. The summed E-state index contributed by atoms with van der Waals surface area (Å²) >= 11 is 7.55. The SMILES string of the molecule is Clc1ccc(-c2nccnc2OC2CC(Nc3nc4ccccc4s3)C2)cn1. The number of ether oxygens (including phenoxy) is 1. The van der Waals surface area contributed by atoms with Gasteiger partial charge >= 0.3 is 0 Å². The van der Waals surface area contributed by atoms with E-state index in [4.69, 9.17) is 16.3 Å². The number of para-hydroxylation sites is 1. The molecule has 0 radical (unpaired) electrons. The van der Waals surface area contributed by atoms with Gasteiger partial charge in [-0.2, -0.15) is 0 Å². The Kier molecular flexibility index (Phi) is 4.54. The molecule has 0 unspecified atom stereocenters. The number of halogens is 1. The lowest BCUT2D eigenvalue weighted by Gasteiger charge is -2.35. The van der Waals surface area contributed by atoms with Crippen LogP contribution in [0.1, 0.15) is 12.8 Å². The molecule has 1 N–H and O–H groups in total. The number of pyridine rings is 1. The lowest BCUT2D eigenvalue weighted by Crippen LogP contribution is -2.42. The summed E-state index contributed by atoms with van der Waals surface area (Å²) in [5.41, 5.74) is 2.54. The third kappa shape index (κ3) is 3.50. The van der Waals surface area contributed by atoms with E-state index in [-0.39, 0.29) is 6.10 Å². The Morgan fingerprint density at radius 2 is 1.89 bits per heavy atom. The Hall–Kier alpha value is -2.77. The molecule has 4 aromatic rings. The number of hydrogen-bond donors (Lipinski definition) is 1. The van der Waals surface area contributed by atoms with Crippen molar-refractivity contribution in [3.8, 4) is 17.1 Å². The molecule has 1 fully saturated rings. The normalized spacial score (nSPS) is 18.6. The Bertz CT molecular complexity index is 1080. The van der Waals surface area contributed by atoms with Crippen LogP contribution in [0.25, 0.3) is 21.5 Å². The number of rotatable bonds is 5. The van der Waals surface area contributed by atoms with Crippen molar-refractivity contribution in [2.24, 2.45) is 0 Å². The van der Waals surface area contributed by atoms with E-state index in [1.165, 1.54) is 4.70 Å². The van der Waals surface area contributed by atoms with Crippen molar-refractivity contribution in [1.82, 2.24) is 19.9 Å². The summed E-state index contributed by atoms with van der Waals surface area (Å²) in [5, 5.41) is 4.90. The predicted octanol–water partition coefficient (Wildman–Crippen LogP) is 4.82. The zero-order valence-electron chi connectivity index (χ0n) is 14.7. The van der Waals surface area contributed by atoms with Crippen LogP contribution in [0.5, 0.6) is 5.88 Å². The van der Waals surface area contributed by atoms with Gasteiger partial charge in [-0.3, -0.25) is 0 Å². The Morgan fingerprint density at radius 1 is 1.04 bits per heavy atom. The molecule has 0 saturated heterocycles. The van der Waals surface area contributed by atoms with Crippen LogP contribution in [-0.4, -0.2) is 32.1 Å². The van der Waals surface area contributed by atoms with Gasteiger partial charge in [0.1, 0.15) is 17.0 Å². The Balaban J connectivity index is 1.23. The largest absolute Gasteiger partial charge is 0.473 e. The summed E-state index contributed by atoms with van der Waals surface area (Å²) in [5.74, 6) is 0.523. The smallest absolute Gasteiger partial charge is 0.240 e. The summed E-state index contributed by atoms with van der Waals surface area (Å²) in [7, 11) is 0. The number of fused-ring (bicyclic) bond motifs is 1. The van der Waals surface area contributed by atoms with Crippen molar-refractivity contribution in [1.29, 1.82) is 0 Å². The van der Waals surface area contributed by atoms with E-state index >= 15 is 0 Å². The van der Waals surface area contributed by atoms with Crippen molar-refractivity contribution in [2.75, 3.05) is 5.32 Å². The van der Waals surface area contributed by atoms with Gasteiger partial charge in [-0.05, 0) is 24.3 Å². The number of thiazole rings is 1. The van der Waals surface area contributed by atoms with Gasteiger partial charge in [0.2, 0.25) is 5.88 Å². The molecular formula is C20H16ClN5OS. The topological polar surface area (TPSA) is 72.8 Å². The van der Waals surface area contributed by atoms with Gasteiger partial charge in [0.15, 0.2) is 5.13 Å². The third-order valence-electron chi connectivity index (χ3n) is 4.66. The molecule has 3 heterocycles. The number of anilines is 1. The first-order chi connectivity index (χ1) is 13.7. The molecule has 6 nitrogen and oxygen atoms in total. The van der Waals surface area contributed by atoms with Gasteiger partial charge in [-0.15, -0.1) is 0 Å². The highest BCUT2D eigenvalue weighted by Crippen LogP contribution is 2.33.